The molecule has 0 unspecified atom stereocenters. The third-order valence-electron chi connectivity index (χ3n) is 1.31. The normalized spacial score (nSPS) is 10.2. The molecule has 0 spiro atoms. The highest BCUT2D eigenvalue weighted by Crippen LogP contribution is 2.25. The Balaban J connectivity index is 2.19. The summed E-state index contributed by atoms with van der Waals surface area (Å²) in [6.45, 7) is 0. The van der Waals surface area contributed by atoms with Crippen LogP contribution in [0.3, 0.4) is 0 Å². The van der Waals surface area contributed by atoms with E-state index in [0.29, 0.717) is 5.22 Å². The number of hydrogen-bond donors (Lipinski definition) is 0. The summed E-state index contributed by atoms with van der Waals surface area (Å²) in [7, 11) is 0. The molecular formula is C8H5FN2OS. The Morgan fingerprint density at radius 3 is 2.92 bits per heavy atom. The third kappa shape index (κ3) is 2.06. The highest BCUT2D eigenvalue weighted by Gasteiger charge is 2.02. The van der Waals surface area contributed by atoms with Crippen LogP contribution in [-0.4, -0.2) is 9.97 Å². The quantitative estimate of drug-likeness (QED) is 0.691. The molecule has 0 aliphatic carbocycles. The molecule has 0 atom stereocenters. The lowest BCUT2D eigenvalue weighted by Gasteiger charge is -1.94. The van der Waals surface area contributed by atoms with E-state index in [-0.39, 0.29) is 0 Å². The number of nitrogens with zero attached hydrogens (tertiary/aromatic N) is 2. The van der Waals surface area contributed by atoms with Gasteiger partial charge in [0.05, 0.1) is 6.20 Å². The van der Waals surface area contributed by atoms with Gasteiger partial charge in [0, 0.05) is 17.2 Å². The fraction of sp³-hybridized carbons (Fsp3) is 0. The summed E-state index contributed by atoms with van der Waals surface area (Å²) in [6, 6.07) is 3.02. The monoisotopic (exact) mass is 196 g/mol. The summed E-state index contributed by atoms with van der Waals surface area (Å²) in [5.41, 5.74) is 0. The zero-order chi connectivity index (χ0) is 9.10. The van der Waals surface area contributed by atoms with Crippen molar-refractivity contribution in [2.45, 2.75) is 10.1 Å². The van der Waals surface area contributed by atoms with Crippen LogP contribution in [0.1, 0.15) is 0 Å². The first kappa shape index (κ1) is 8.25. The van der Waals surface area contributed by atoms with E-state index < -0.39 is 5.95 Å². The Labute approximate surface area is 78.0 Å². The predicted molar refractivity (Wildman–Crippen MR) is 44.8 cm³/mol. The van der Waals surface area contributed by atoms with Gasteiger partial charge in [-0.15, -0.1) is 0 Å². The van der Waals surface area contributed by atoms with E-state index in [0.717, 1.165) is 4.90 Å². The number of hydrogen-bond acceptors (Lipinski definition) is 4. The topological polar surface area (TPSA) is 38.9 Å². The van der Waals surface area contributed by atoms with Gasteiger partial charge in [-0.25, -0.2) is 9.97 Å². The van der Waals surface area contributed by atoms with Crippen molar-refractivity contribution in [2.24, 2.45) is 0 Å². The van der Waals surface area contributed by atoms with E-state index in [1.165, 1.54) is 30.3 Å². The van der Waals surface area contributed by atoms with Gasteiger partial charge < -0.3 is 4.42 Å². The molecule has 0 N–H and O–H groups in total. The van der Waals surface area contributed by atoms with Gasteiger partial charge in [0.25, 0.3) is 5.22 Å². The first-order valence-electron chi connectivity index (χ1n) is 3.53. The van der Waals surface area contributed by atoms with Gasteiger partial charge in [-0.1, -0.05) is 0 Å². The molecule has 66 valence electrons. The molecule has 0 aliphatic heterocycles. The molecule has 0 saturated heterocycles. The third-order valence-corrected chi connectivity index (χ3v) is 2.18. The summed E-state index contributed by atoms with van der Waals surface area (Å²) in [4.78, 5) is 8.05. The van der Waals surface area contributed by atoms with E-state index in [9.17, 15) is 4.39 Å². The molecule has 2 aromatic rings. The SMILES string of the molecule is Fc1cc(Sc2ncco2)ccn1. The minimum atomic E-state index is -0.503. The number of pyridine rings is 1. The molecule has 0 saturated carbocycles. The largest absolute Gasteiger partial charge is 0.440 e. The smallest absolute Gasteiger partial charge is 0.260 e. The number of rotatable bonds is 2. The van der Waals surface area contributed by atoms with Crippen molar-refractivity contribution in [2.75, 3.05) is 0 Å². The van der Waals surface area contributed by atoms with Gasteiger partial charge >= 0.3 is 0 Å². The molecule has 2 rings (SSSR count). The van der Waals surface area contributed by atoms with Gasteiger partial charge in [0.2, 0.25) is 5.95 Å². The van der Waals surface area contributed by atoms with Crippen molar-refractivity contribution in [3.05, 3.63) is 36.7 Å². The van der Waals surface area contributed by atoms with Crippen molar-refractivity contribution in [3.8, 4) is 0 Å². The molecular weight excluding hydrogens is 191 g/mol. The van der Waals surface area contributed by atoms with E-state index >= 15 is 0 Å². The van der Waals surface area contributed by atoms with Crippen LogP contribution in [0, 0.1) is 5.95 Å². The summed E-state index contributed by atoms with van der Waals surface area (Å²) in [5, 5.41) is 0.491. The molecule has 0 bridgehead atoms. The van der Waals surface area contributed by atoms with E-state index in [2.05, 4.69) is 9.97 Å². The van der Waals surface area contributed by atoms with E-state index in [1.807, 2.05) is 0 Å². The van der Waals surface area contributed by atoms with Crippen LogP contribution >= 0.6 is 11.8 Å². The molecule has 0 fully saturated rings. The van der Waals surface area contributed by atoms with Crippen LogP contribution in [0.15, 0.2) is 45.3 Å². The molecule has 0 aliphatic rings. The number of oxazole rings is 1. The van der Waals surface area contributed by atoms with Crippen LogP contribution in [0.5, 0.6) is 0 Å². The van der Waals surface area contributed by atoms with Crippen LogP contribution in [0.2, 0.25) is 0 Å². The number of aromatic nitrogens is 2. The van der Waals surface area contributed by atoms with E-state index in [4.69, 9.17) is 4.42 Å². The molecule has 3 nitrogen and oxygen atoms in total. The standard InChI is InChI=1S/C8H5FN2OS/c9-7-5-6(1-2-10-7)13-8-11-3-4-12-8/h1-5H. The van der Waals surface area contributed by atoms with Gasteiger partial charge in [-0.3, -0.25) is 0 Å². The lowest BCUT2D eigenvalue weighted by atomic mass is 10.5. The van der Waals surface area contributed by atoms with Crippen LogP contribution < -0.4 is 0 Å². The summed E-state index contributed by atoms with van der Waals surface area (Å²) in [6.07, 6.45) is 4.42. The average molecular weight is 196 g/mol. The second-order valence-electron chi connectivity index (χ2n) is 2.21. The van der Waals surface area contributed by atoms with Gasteiger partial charge in [-0.05, 0) is 17.8 Å². The van der Waals surface area contributed by atoms with Crippen molar-refractivity contribution in [3.63, 3.8) is 0 Å². The van der Waals surface area contributed by atoms with Crippen LogP contribution in [0.25, 0.3) is 0 Å². The van der Waals surface area contributed by atoms with Crippen molar-refractivity contribution >= 4 is 11.8 Å². The molecule has 13 heavy (non-hydrogen) atoms. The predicted octanol–water partition coefficient (Wildman–Crippen LogP) is 2.36. The van der Waals surface area contributed by atoms with Crippen molar-refractivity contribution in [1.82, 2.24) is 9.97 Å². The molecule has 5 heteroatoms. The maximum Gasteiger partial charge on any atom is 0.260 e. The van der Waals surface area contributed by atoms with Gasteiger partial charge in [0.1, 0.15) is 6.26 Å². The summed E-state index contributed by atoms with van der Waals surface area (Å²) in [5.74, 6) is -0.503. The summed E-state index contributed by atoms with van der Waals surface area (Å²) < 4.78 is 17.6. The average Bonchev–Trinajstić information content (AvgIpc) is 2.57. The molecule has 0 radical (unpaired) electrons. The highest BCUT2D eigenvalue weighted by molar-refractivity contribution is 7.99. The molecule has 2 heterocycles. The summed E-state index contributed by atoms with van der Waals surface area (Å²) >= 11 is 1.25. The fourth-order valence-electron chi connectivity index (χ4n) is 0.810. The number of halogens is 1. The second kappa shape index (κ2) is 3.57. The van der Waals surface area contributed by atoms with Gasteiger partial charge in [-0.2, -0.15) is 4.39 Å². The fourth-order valence-corrected chi connectivity index (χ4v) is 1.51. The Morgan fingerprint density at radius 1 is 1.31 bits per heavy atom. The first-order chi connectivity index (χ1) is 6.34. The van der Waals surface area contributed by atoms with E-state index in [1.54, 1.807) is 12.3 Å². The minimum Gasteiger partial charge on any atom is -0.440 e. The Hall–Kier alpha value is -1.36. The lowest BCUT2D eigenvalue weighted by Crippen LogP contribution is -1.80. The zero-order valence-corrected chi connectivity index (χ0v) is 7.29. The maximum absolute atomic E-state index is 12.6. The molecule has 0 amide bonds. The Bertz CT molecular complexity index is 391. The molecule has 2 aromatic heterocycles. The Morgan fingerprint density at radius 2 is 2.23 bits per heavy atom. The van der Waals surface area contributed by atoms with Crippen molar-refractivity contribution in [1.29, 1.82) is 0 Å². The van der Waals surface area contributed by atoms with Crippen LogP contribution in [-0.2, 0) is 0 Å². The van der Waals surface area contributed by atoms with Gasteiger partial charge in [0.15, 0.2) is 0 Å². The molecule has 0 aromatic carbocycles. The minimum absolute atomic E-state index is 0.491. The maximum atomic E-state index is 12.6. The second-order valence-corrected chi connectivity index (χ2v) is 3.24. The zero-order valence-electron chi connectivity index (χ0n) is 6.48. The highest BCUT2D eigenvalue weighted by atomic mass is 32.2. The first-order valence-corrected chi connectivity index (χ1v) is 4.35. The van der Waals surface area contributed by atoms with Crippen LogP contribution in [0.4, 0.5) is 4.39 Å². The lowest BCUT2D eigenvalue weighted by molar-refractivity contribution is 0.454. The Kier molecular flexibility index (Phi) is 2.27. The van der Waals surface area contributed by atoms with Crippen molar-refractivity contribution < 1.29 is 8.81 Å².